The van der Waals surface area contributed by atoms with E-state index in [1.54, 1.807) is 12.1 Å². The van der Waals surface area contributed by atoms with Gasteiger partial charge in [-0.1, -0.05) is 95.6 Å². The molecule has 0 spiro atoms. The average molecular weight is 657 g/mol. The molecule has 0 bridgehead atoms. The topological polar surface area (TPSA) is 71.1 Å². The summed E-state index contributed by atoms with van der Waals surface area (Å²) in [5, 5.41) is 0. The number of esters is 2. The molecule has 2 unspecified atom stereocenters. The molecular weight excluding hydrogens is 600 g/mol. The van der Waals surface area contributed by atoms with Gasteiger partial charge in [-0.25, -0.2) is 9.59 Å². The van der Waals surface area contributed by atoms with Gasteiger partial charge in [0.2, 0.25) is 0 Å². The van der Waals surface area contributed by atoms with Crippen molar-refractivity contribution < 1.29 is 28.5 Å². The third-order valence-corrected chi connectivity index (χ3v) is 8.40. The number of hydrogen-bond donors (Lipinski definition) is 0. The molecule has 0 fully saturated rings. The number of rotatable bonds is 24. The second-order valence-electron chi connectivity index (χ2n) is 12.7. The normalized spacial score (nSPS) is 12.1. The minimum atomic E-state index is -0.399. The summed E-state index contributed by atoms with van der Waals surface area (Å²) in [6.45, 7) is 10.3. The maximum Gasteiger partial charge on any atom is 0.343 e. The molecule has 0 aliphatic heterocycles. The zero-order valence-electron chi connectivity index (χ0n) is 29.4. The van der Waals surface area contributed by atoms with E-state index in [2.05, 4.69) is 39.5 Å². The Labute approximate surface area is 288 Å². The summed E-state index contributed by atoms with van der Waals surface area (Å²) in [5.74, 6) is 1.39. The molecule has 0 aliphatic carbocycles. The number of ether oxygens (including phenoxy) is 4. The first kappa shape index (κ1) is 38.4. The van der Waals surface area contributed by atoms with Crippen molar-refractivity contribution in [1.82, 2.24) is 0 Å². The molecule has 2 atom stereocenters. The largest absolute Gasteiger partial charge is 0.491 e. The lowest BCUT2D eigenvalue weighted by molar-refractivity contribution is -0.137. The van der Waals surface area contributed by atoms with E-state index < -0.39 is 5.97 Å². The minimum absolute atomic E-state index is 0.104. The van der Waals surface area contributed by atoms with Crippen LogP contribution in [0.25, 0.3) is 11.1 Å². The fourth-order valence-corrected chi connectivity index (χ4v) is 5.54. The third-order valence-electron chi connectivity index (χ3n) is 8.40. The molecular formula is C42H56O6. The monoisotopic (exact) mass is 656 g/mol. The highest BCUT2D eigenvalue weighted by molar-refractivity contribution is 5.91. The van der Waals surface area contributed by atoms with Gasteiger partial charge in [-0.15, -0.1) is 0 Å². The highest BCUT2D eigenvalue weighted by Crippen LogP contribution is 2.26. The number of hydrogen-bond acceptors (Lipinski definition) is 6. The maximum absolute atomic E-state index is 12.8. The van der Waals surface area contributed by atoms with Crippen LogP contribution in [0.2, 0.25) is 0 Å². The lowest BCUT2D eigenvalue weighted by atomic mass is 10.1. The molecule has 0 saturated heterocycles. The summed E-state index contributed by atoms with van der Waals surface area (Å²) in [4.78, 5) is 23.8. The average Bonchev–Trinajstić information content (AvgIpc) is 3.10. The van der Waals surface area contributed by atoms with Crippen LogP contribution in [0.3, 0.4) is 0 Å². The first-order chi connectivity index (χ1) is 23.4. The second-order valence-corrected chi connectivity index (χ2v) is 12.7. The number of unbranched alkanes of at least 4 members (excludes halogenated alkanes) is 10. The predicted molar refractivity (Wildman–Crippen MR) is 195 cm³/mol. The third kappa shape index (κ3) is 15.2. The molecule has 6 nitrogen and oxygen atoms in total. The number of benzene rings is 3. The lowest BCUT2D eigenvalue weighted by Gasteiger charge is -2.15. The molecule has 6 heteroatoms. The van der Waals surface area contributed by atoms with Gasteiger partial charge >= 0.3 is 11.9 Å². The van der Waals surface area contributed by atoms with Crippen LogP contribution in [-0.4, -0.2) is 30.8 Å². The molecule has 0 N–H and O–H groups in total. The number of carbonyl (C=O) groups excluding carboxylic acids is 2. The van der Waals surface area contributed by atoms with Crippen molar-refractivity contribution in [2.75, 3.05) is 6.61 Å². The summed E-state index contributed by atoms with van der Waals surface area (Å²) >= 11 is 0. The molecule has 48 heavy (non-hydrogen) atoms. The molecule has 260 valence electrons. The van der Waals surface area contributed by atoms with Gasteiger partial charge in [-0.3, -0.25) is 0 Å². The SMILES string of the molecule is C=CC(=O)OCCCCCCCCCCC(C)Oc1ccc(C(=O)Oc2ccc(-c3ccc(OC(C)CCCCCC)cc3)cc2)cc1. The standard InChI is InChI=1S/C42H56O6/c1-5-7-8-15-18-33(3)46-38-26-20-35(21-27-38)36-22-28-40(29-23-36)48-42(44)37-24-30-39(31-25-37)47-34(4)19-16-13-11-9-10-12-14-17-32-45-41(43)6-2/h6,20-31,33-34H,2,5,7-19,32H2,1,3-4H3. The Morgan fingerprint density at radius 1 is 0.604 bits per heavy atom. The van der Waals surface area contributed by atoms with E-state index in [0.29, 0.717) is 17.9 Å². The van der Waals surface area contributed by atoms with Gasteiger partial charge < -0.3 is 18.9 Å². The summed E-state index contributed by atoms with van der Waals surface area (Å²) in [7, 11) is 0. The van der Waals surface area contributed by atoms with Crippen molar-refractivity contribution in [1.29, 1.82) is 0 Å². The van der Waals surface area contributed by atoms with E-state index in [1.165, 1.54) is 63.9 Å². The Balaban J connectivity index is 1.31. The Morgan fingerprint density at radius 3 is 1.54 bits per heavy atom. The lowest BCUT2D eigenvalue weighted by Crippen LogP contribution is -2.12. The highest BCUT2D eigenvalue weighted by Gasteiger charge is 2.11. The van der Waals surface area contributed by atoms with Crippen LogP contribution in [0.4, 0.5) is 0 Å². The molecule has 0 amide bonds. The Morgan fingerprint density at radius 2 is 1.04 bits per heavy atom. The zero-order valence-corrected chi connectivity index (χ0v) is 29.4. The predicted octanol–water partition coefficient (Wildman–Crippen LogP) is 11.3. The van der Waals surface area contributed by atoms with Crippen molar-refractivity contribution in [3.63, 3.8) is 0 Å². The second kappa shape index (κ2) is 22.5. The van der Waals surface area contributed by atoms with Crippen LogP contribution in [-0.2, 0) is 9.53 Å². The quantitative estimate of drug-likeness (QED) is 0.0413. The van der Waals surface area contributed by atoms with Crippen LogP contribution >= 0.6 is 0 Å². The first-order valence-corrected chi connectivity index (χ1v) is 18.0. The molecule has 0 aliphatic rings. The maximum atomic E-state index is 12.8. The van der Waals surface area contributed by atoms with E-state index in [9.17, 15) is 9.59 Å². The Bertz CT molecular complexity index is 1330. The molecule has 0 radical (unpaired) electrons. The highest BCUT2D eigenvalue weighted by atomic mass is 16.5. The van der Waals surface area contributed by atoms with Crippen molar-refractivity contribution in [2.24, 2.45) is 0 Å². The first-order valence-electron chi connectivity index (χ1n) is 18.0. The van der Waals surface area contributed by atoms with Gasteiger partial charge in [-0.05, 0) is 106 Å². The fraction of sp³-hybridized carbons (Fsp3) is 0.476. The van der Waals surface area contributed by atoms with Gasteiger partial charge in [0, 0.05) is 6.08 Å². The molecule has 0 aromatic heterocycles. The summed E-state index contributed by atoms with van der Waals surface area (Å²) in [6.07, 6.45) is 17.7. The van der Waals surface area contributed by atoms with Crippen molar-refractivity contribution >= 4 is 11.9 Å². The van der Waals surface area contributed by atoms with E-state index in [4.69, 9.17) is 18.9 Å². The Kier molecular flexibility index (Phi) is 18.0. The van der Waals surface area contributed by atoms with Crippen LogP contribution in [0.15, 0.2) is 85.5 Å². The van der Waals surface area contributed by atoms with E-state index in [0.717, 1.165) is 54.7 Å². The van der Waals surface area contributed by atoms with Gasteiger partial charge in [-0.2, -0.15) is 0 Å². The van der Waals surface area contributed by atoms with Crippen molar-refractivity contribution in [2.45, 2.75) is 123 Å². The zero-order chi connectivity index (χ0) is 34.4. The smallest absolute Gasteiger partial charge is 0.343 e. The molecule has 3 aromatic carbocycles. The minimum Gasteiger partial charge on any atom is -0.491 e. The van der Waals surface area contributed by atoms with Gasteiger partial charge in [0.1, 0.15) is 17.2 Å². The summed E-state index contributed by atoms with van der Waals surface area (Å²) < 4.78 is 22.8. The van der Waals surface area contributed by atoms with E-state index >= 15 is 0 Å². The van der Waals surface area contributed by atoms with Gasteiger partial charge in [0.05, 0.1) is 24.4 Å². The van der Waals surface area contributed by atoms with Crippen LogP contribution in [0, 0.1) is 0 Å². The van der Waals surface area contributed by atoms with Crippen molar-refractivity contribution in [3.05, 3.63) is 91.0 Å². The number of carbonyl (C=O) groups is 2. The molecule has 0 saturated carbocycles. The van der Waals surface area contributed by atoms with Crippen LogP contribution in [0.5, 0.6) is 17.2 Å². The van der Waals surface area contributed by atoms with Gasteiger partial charge in [0.25, 0.3) is 0 Å². The molecule has 0 heterocycles. The summed E-state index contributed by atoms with van der Waals surface area (Å²) in [5.41, 5.74) is 2.60. The Hall–Kier alpha value is -4.06. The summed E-state index contributed by atoms with van der Waals surface area (Å²) in [6, 6.07) is 22.9. The van der Waals surface area contributed by atoms with Crippen molar-refractivity contribution in [3.8, 4) is 28.4 Å². The van der Waals surface area contributed by atoms with E-state index in [1.807, 2.05) is 48.5 Å². The fourth-order valence-electron chi connectivity index (χ4n) is 5.54. The van der Waals surface area contributed by atoms with Gasteiger partial charge in [0.15, 0.2) is 0 Å². The molecule has 3 aromatic rings. The van der Waals surface area contributed by atoms with E-state index in [-0.39, 0.29) is 18.2 Å². The van der Waals surface area contributed by atoms with Crippen LogP contribution < -0.4 is 14.2 Å². The van der Waals surface area contributed by atoms with Crippen LogP contribution in [0.1, 0.15) is 121 Å². The molecule has 3 rings (SSSR count).